The Morgan fingerprint density at radius 2 is 2.71 bits per heavy atom. The van der Waals surface area contributed by atoms with Gasteiger partial charge in [-0.25, -0.2) is 4.21 Å². The zero-order valence-electron chi connectivity index (χ0n) is 3.92. The first kappa shape index (κ1) is 5.59. The second-order valence-electron chi connectivity index (χ2n) is 1.40. The lowest BCUT2D eigenvalue weighted by Gasteiger charge is -1.90. The maximum Gasteiger partial charge on any atom is 0.219 e. The van der Waals surface area contributed by atoms with E-state index in [0.717, 1.165) is 5.75 Å². The van der Waals surface area contributed by atoms with Gasteiger partial charge in [0.1, 0.15) is 0 Å². The van der Waals surface area contributed by atoms with Crippen molar-refractivity contribution in [2.75, 3.05) is 5.75 Å². The minimum atomic E-state index is -1.04. The Hall–Kier alpha value is 0.460. The molecule has 0 aromatic heterocycles. The van der Waals surface area contributed by atoms with Gasteiger partial charge in [-0.05, 0) is 17.7 Å². The van der Waals surface area contributed by atoms with Crippen LogP contribution >= 0.6 is 10.8 Å². The van der Waals surface area contributed by atoms with Gasteiger partial charge in [-0.3, -0.25) is 4.18 Å². The molecule has 2 nitrogen and oxygen atoms in total. The summed E-state index contributed by atoms with van der Waals surface area (Å²) in [6.07, 6.45) is 0.186. The zero-order valence-corrected chi connectivity index (χ0v) is 5.55. The van der Waals surface area contributed by atoms with E-state index in [-0.39, 0.29) is 6.10 Å². The number of hydrogen-bond acceptors (Lipinski definition) is 3. The van der Waals surface area contributed by atoms with E-state index in [4.69, 9.17) is 4.18 Å². The monoisotopic (exact) mass is 138 g/mol. The highest BCUT2D eigenvalue weighted by Crippen LogP contribution is 2.21. The average Bonchev–Trinajstić information content (AvgIpc) is 1.87. The lowest BCUT2D eigenvalue weighted by Crippen LogP contribution is -1.99. The predicted octanol–water partition coefficient (Wildman–Crippen LogP) is 0.717. The number of hydrogen-bond donors (Lipinski definition) is 0. The summed E-state index contributed by atoms with van der Waals surface area (Å²) in [6.45, 7) is 1.91. The third-order valence-electron chi connectivity index (χ3n) is 0.642. The van der Waals surface area contributed by atoms with E-state index >= 15 is 0 Å². The Bertz CT molecular complexity index is 92.9. The molecule has 0 N–H and O–H groups in total. The molecule has 0 saturated carbocycles. The summed E-state index contributed by atoms with van der Waals surface area (Å²) in [5.41, 5.74) is 0. The van der Waals surface area contributed by atoms with Crippen LogP contribution in [0.5, 0.6) is 0 Å². The quantitative estimate of drug-likeness (QED) is 0.461. The van der Waals surface area contributed by atoms with Crippen LogP contribution < -0.4 is 0 Å². The van der Waals surface area contributed by atoms with Gasteiger partial charge in [-0.1, -0.05) is 0 Å². The molecule has 1 rings (SSSR count). The van der Waals surface area contributed by atoms with E-state index in [9.17, 15) is 4.21 Å². The van der Waals surface area contributed by atoms with E-state index in [0.29, 0.717) is 0 Å². The average molecular weight is 138 g/mol. The second kappa shape index (κ2) is 2.15. The molecule has 1 aliphatic rings. The minimum absolute atomic E-state index is 0.186. The summed E-state index contributed by atoms with van der Waals surface area (Å²) in [4.78, 5) is 0. The standard InChI is InChI=1S/C3H6O2S2/c1-3-2-6-7(4)5-3/h3H,2H2,1H3/t3-,7+/m0/s1. The first-order valence-corrected chi connectivity index (χ1v) is 4.59. The van der Waals surface area contributed by atoms with Crippen molar-refractivity contribution < 1.29 is 8.39 Å². The van der Waals surface area contributed by atoms with E-state index in [1.807, 2.05) is 6.92 Å². The lowest BCUT2D eigenvalue weighted by molar-refractivity contribution is 0.289. The summed E-state index contributed by atoms with van der Waals surface area (Å²) >= 11 is 0. The van der Waals surface area contributed by atoms with Crippen molar-refractivity contribution in [3.8, 4) is 0 Å². The molecule has 0 unspecified atom stereocenters. The maximum atomic E-state index is 10.3. The van der Waals surface area contributed by atoms with Crippen molar-refractivity contribution in [2.45, 2.75) is 13.0 Å². The molecule has 0 amide bonds. The molecule has 0 radical (unpaired) electrons. The summed E-state index contributed by atoms with van der Waals surface area (Å²) < 4.78 is 15.1. The highest BCUT2D eigenvalue weighted by Gasteiger charge is 2.17. The molecular formula is C3H6O2S2. The molecule has 0 bridgehead atoms. The predicted molar refractivity (Wildman–Crippen MR) is 31.1 cm³/mol. The van der Waals surface area contributed by atoms with Crippen LogP contribution in [0.25, 0.3) is 0 Å². The fourth-order valence-corrected chi connectivity index (χ4v) is 2.67. The Labute approximate surface area is 48.7 Å². The molecule has 1 saturated heterocycles. The van der Waals surface area contributed by atoms with Crippen molar-refractivity contribution >= 4 is 20.9 Å². The smallest absolute Gasteiger partial charge is 0.219 e. The van der Waals surface area contributed by atoms with Crippen LogP contribution in [0, 0.1) is 0 Å². The van der Waals surface area contributed by atoms with Gasteiger partial charge in [-0.15, -0.1) is 0 Å². The molecule has 1 heterocycles. The van der Waals surface area contributed by atoms with Crippen LogP contribution in [-0.4, -0.2) is 16.1 Å². The molecule has 0 aromatic carbocycles. The summed E-state index contributed by atoms with van der Waals surface area (Å²) in [5.74, 6) is 0.868. The van der Waals surface area contributed by atoms with Crippen LogP contribution in [0.15, 0.2) is 0 Å². The van der Waals surface area contributed by atoms with E-state index < -0.39 is 10.1 Å². The lowest BCUT2D eigenvalue weighted by atomic mass is 10.5. The van der Waals surface area contributed by atoms with Gasteiger partial charge in [0.15, 0.2) is 0 Å². The van der Waals surface area contributed by atoms with Crippen molar-refractivity contribution in [3.63, 3.8) is 0 Å². The van der Waals surface area contributed by atoms with Crippen molar-refractivity contribution in [1.82, 2.24) is 0 Å². The molecular weight excluding hydrogens is 132 g/mol. The molecule has 0 spiro atoms. The second-order valence-corrected chi connectivity index (χ2v) is 4.09. The molecule has 2 atom stereocenters. The van der Waals surface area contributed by atoms with Crippen LogP contribution in [0.2, 0.25) is 0 Å². The third-order valence-corrected chi connectivity index (χ3v) is 3.15. The Kier molecular flexibility index (Phi) is 1.72. The molecule has 4 heteroatoms. The molecule has 7 heavy (non-hydrogen) atoms. The van der Waals surface area contributed by atoms with Gasteiger partial charge in [0.2, 0.25) is 10.1 Å². The van der Waals surface area contributed by atoms with Gasteiger partial charge in [0.25, 0.3) is 0 Å². The van der Waals surface area contributed by atoms with E-state index in [1.54, 1.807) is 0 Å². The highest BCUT2D eigenvalue weighted by atomic mass is 33.1. The Morgan fingerprint density at radius 3 is 2.86 bits per heavy atom. The summed E-state index contributed by atoms with van der Waals surface area (Å²) in [5, 5.41) is 0. The molecule has 0 aromatic rings. The van der Waals surface area contributed by atoms with Crippen LogP contribution in [-0.2, 0) is 14.3 Å². The maximum absolute atomic E-state index is 10.3. The van der Waals surface area contributed by atoms with Gasteiger partial charge in [0, 0.05) is 5.75 Å². The highest BCUT2D eigenvalue weighted by molar-refractivity contribution is 8.67. The SMILES string of the molecule is C[C@H]1CS[S@](=O)O1. The molecule has 1 fully saturated rings. The van der Waals surface area contributed by atoms with Crippen molar-refractivity contribution in [1.29, 1.82) is 0 Å². The number of rotatable bonds is 0. The van der Waals surface area contributed by atoms with E-state index in [1.165, 1.54) is 10.8 Å². The van der Waals surface area contributed by atoms with E-state index in [2.05, 4.69) is 0 Å². The van der Waals surface area contributed by atoms with Gasteiger partial charge in [-0.2, -0.15) is 0 Å². The van der Waals surface area contributed by atoms with Crippen molar-refractivity contribution in [3.05, 3.63) is 0 Å². The minimum Gasteiger partial charge on any atom is -0.278 e. The topological polar surface area (TPSA) is 26.3 Å². The van der Waals surface area contributed by atoms with Crippen LogP contribution in [0.4, 0.5) is 0 Å². The van der Waals surface area contributed by atoms with Crippen molar-refractivity contribution in [2.24, 2.45) is 0 Å². The van der Waals surface area contributed by atoms with Gasteiger partial charge < -0.3 is 0 Å². The molecule has 1 aliphatic heterocycles. The van der Waals surface area contributed by atoms with Gasteiger partial charge in [0.05, 0.1) is 6.10 Å². The molecule has 0 aliphatic carbocycles. The van der Waals surface area contributed by atoms with Crippen LogP contribution in [0.3, 0.4) is 0 Å². The Morgan fingerprint density at radius 1 is 2.00 bits per heavy atom. The first-order chi connectivity index (χ1) is 3.29. The fraction of sp³-hybridized carbons (Fsp3) is 1.00. The summed E-state index contributed by atoms with van der Waals surface area (Å²) in [7, 11) is 0.319. The normalized spacial score (nSPS) is 41.9. The third kappa shape index (κ3) is 1.44. The zero-order chi connectivity index (χ0) is 5.28. The van der Waals surface area contributed by atoms with Crippen LogP contribution in [0.1, 0.15) is 6.92 Å². The van der Waals surface area contributed by atoms with Gasteiger partial charge >= 0.3 is 0 Å². The largest absolute Gasteiger partial charge is 0.278 e. The Balaban J connectivity index is 2.40. The summed E-state index contributed by atoms with van der Waals surface area (Å²) in [6, 6.07) is 0. The first-order valence-electron chi connectivity index (χ1n) is 2.01. The molecule has 42 valence electrons. The fourth-order valence-electron chi connectivity index (χ4n) is 0.341.